The average Bonchev–Trinajstić information content (AvgIpc) is 2.90. The smallest absolute Gasteiger partial charge is 0.200 e. The van der Waals surface area contributed by atoms with Crippen molar-refractivity contribution in [2.45, 2.75) is 93.6 Å². The maximum absolute atomic E-state index is 15.2. The molecule has 1 saturated carbocycles. The molecule has 1 aromatic rings. The van der Waals surface area contributed by atoms with Crippen LogP contribution in [0.2, 0.25) is 0 Å². The molecule has 0 amide bonds. The van der Waals surface area contributed by atoms with Crippen LogP contribution in [0.4, 0.5) is 0 Å². The van der Waals surface area contributed by atoms with Crippen LogP contribution in [0.1, 0.15) is 98.4 Å². The second kappa shape index (κ2) is 11.1. The molecule has 42 heavy (non-hydrogen) atoms. The zero-order valence-corrected chi connectivity index (χ0v) is 27.0. The minimum Gasteiger partial charge on any atom is -0.486 e. The number of allylic oxidation sites excluding steroid dienone is 7. The van der Waals surface area contributed by atoms with E-state index in [2.05, 4.69) is 60.3 Å². The number of carbonyl (C=O) groups excluding carboxylic acids is 3. The quantitative estimate of drug-likeness (QED) is 0.129. The van der Waals surface area contributed by atoms with Crippen LogP contribution in [0.15, 0.2) is 89.3 Å². The maximum atomic E-state index is 15.2. The predicted octanol–water partition coefficient (Wildman–Crippen LogP) is 8.95. The lowest BCUT2D eigenvalue weighted by Crippen LogP contribution is -2.67. The van der Waals surface area contributed by atoms with Crippen molar-refractivity contribution in [2.24, 2.45) is 28.1 Å². The van der Waals surface area contributed by atoms with Gasteiger partial charge in [-0.3, -0.25) is 14.4 Å². The zero-order chi connectivity index (χ0) is 31.3. The highest BCUT2D eigenvalue weighted by Crippen LogP contribution is 2.68. The molecule has 0 saturated heterocycles. The third kappa shape index (κ3) is 5.12. The molecule has 1 aromatic carbocycles. The van der Waals surface area contributed by atoms with Crippen molar-refractivity contribution in [1.29, 1.82) is 0 Å². The Labute approximate surface area is 252 Å². The summed E-state index contributed by atoms with van der Waals surface area (Å²) in [6.45, 7) is 22.5. The van der Waals surface area contributed by atoms with E-state index in [4.69, 9.17) is 4.74 Å². The fourth-order valence-corrected chi connectivity index (χ4v) is 7.23. The fraction of sp³-hybridized carbons (Fsp3) is 0.500. The van der Waals surface area contributed by atoms with Crippen LogP contribution in [0.25, 0.3) is 0 Å². The van der Waals surface area contributed by atoms with Crippen molar-refractivity contribution in [3.05, 3.63) is 94.8 Å². The summed E-state index contributed by atoms with van der Waals surface area (Å²) in [7, 11) is 0. The highest BCUT2D eigenvalue weighted by Gasteiger charge is 2.73. The Morgan fingerprint density at radius 2 is 1.60 bits per heavy atom. The van der Waals surface area contributed by atoms with Crippen LogP contribution in [0.3, 0.4) is 0 Å². The van der Waals surface area contributed by atoms with Crippen LogP contribution in [-0.2, 0) is 14.3 Å². The highest BCUT2D eigenvalue weighted by molar-refractivity contribution is 6.35. The summed E-state index contributed by atoms with van der Waals surface area (Å²) in [5.74, 6) is -0.751. The van der Waals surface area contributed by atoms with Crippen molar-refractivity contribution in [3.63, 3.8) is 0 Å². The van der Waals surface area contributed by atoms with Crippen molar-refractivity contribution in [1.82, 2.24) is 0 Å². The molecule has 1 spiro atoms. The van der Waals surface area contributed by atoms with Gasteiger partial charge in [-0.2, -0.15) is 0 Å². The van der Waals surface area contributed by atoms with E-state index in [0.717, 1.165) is 12.0 Å². The van der Waals surface area contributed by atoms with E-state index in [-0.39, 0.29) is 40.5 Å². The number of benzene rings is 1. The first kappa shape index (κ1) is 31.7. The van der Waals surface area contributed by atoms with Crippen molar-refractivity contribution in [2.75, 3.05) is 0 Å². The van der Waals surface area contributed by atoms with Gasteiger partial charge in [0.1, 0.15) is 22.3 Å². The van der Waals surface area contributed by atoms with E-state index >= 15 is 9.59 Å². The number of ether oxygens (including phenoxy) is 1. The Kier molecular flexibility index (Phi) is 8.36. The van der Waals surface area contributed by atoms with Gasteiger partial charge in [-0.25, -0.2) is 0 Å². The second-order valence-corrected chi connectivity index (χ2v) is 14.4. The topological polar surface area (TPSA) is 60.4 Å². The lowest BCUT2D eigenvalue weighted by Gasteiger charge is -2.62. The van der Waals surface area contributed by atoms with Gasteiger partial charge >= 0.3 is 0 Å². The number of rotatable bonds is 9. The minimum atomic E-state index is -1.37. The Balaban J connectivity index is 2.07. The zero-order valence-electron chi connectivity index (χ0n) is 27.0. The average molecular weight is 569 g/mol. The van der Waals surface area contributed by atoms with Gasteiger partial charge in [0.25, 0.3) is 0 Å². The Morgan fingerprint density at radius 1 is 0.976 bits per heavy atom. The van der Waals surface area contributed by atoms with Gasteiger partial charge in [0.05, 0.1) is 5.41 Å². The lowest BCUT2D eigenvalue weighted by atomic mass is 9.40. The van der Waals surface area contributed by atoms with E-state index in [1.165, 1.54) is 11.1 Å². The van der Waals surface area contributed by atoms with E-state index < -0.39 is 21.8 Å². The van der Waals surface area contributed by atoms with Gasteiger partial charge in [0.2, 0.25) is 0 Å². The largest absolute Gasteiger partial charge is 0.486 e. The number of Topliss-reactive ketones (excluding diaryl/α,β-unsaturated/α-hetero) is 3. The number of fused-ring (bicyclic) bond motifs is 1. The molecule has 2 aliphatic carbocycles. The fourth-order valence-electron chi connectivity index (χ4n) is 7.23. The molecule has 1 aliphatic heterocycles. The van der Waals surface area contributed by atoms with Crippen LogP contribution >= 0.6 is 0 Å². The highest BCUT2D eigenvalue weighted by atomic mass is 16.5. The monoisotopic (exact) mass is 568 g/mol. The van der Waals surface area contributed by atoms with Gasteiger partial charge in [0, 0.05) is 5.56 Å². The molecule has 2 bridgehead atoms. The Morgan fingerprint density at radius 3 is 2.17 bits per heavy atom. The molecule has 0 aromatic heterocycles. The lowest BCUT2D eigenvalue weighted by molar-refractivity contribution is -0.170. The molecule has 3 aliphatic rings. The second-order valence-electron chi connectivity index (χ2n) is 14.4. The number of hydrogen-bond acceptors (Lipinski definition) is 4. The summed E-state index contributed by atoms with van der Waals surface area (Å²) < 4.78 is 6.62. The van der Waals surface area contributed by atoms with Gasteiger partial charge in [-0.05, 0) is 97.5 Å². The molecule has 0 N–H and O–H groups in total. The third-order valence-corrected chi connectivity index (χ3v) is 9.95. The normalized spacial score (nSPS) is 27.9. The van der Waals surface area contributed by atoms with Crippen LogP contribution in [-0.4, -0.2) is 23.0 Å². The Bertz CT molecular complexity index is 1420. The summed E-state index contributed by atoms with van der Waals surface area (Å²) in [5.41, 5.74) is -0.254. The Hall–Kier alpha value is -3.27. The first-order chi connectivity index (χ1) is 19.5. The van der Waals surface area contributed by atoms with Gasteiger partial charge < -0.3 is 4.74 Å². The van der Waals surface area contributed by atoms with E-state index in [9.17, 15) is 4.79 Å². The maximum Gasteiger partial charge on any atom is 0.200 e. The number of carbonyl (C=O) groups is 3. The molecule has 1 heterocycles. The van der Waals surface area contributed by atoms with Gasteiger partial charge in [-0.1, -0.05) is 85.7 Å². The van der Waals surface area contributed by atoms with Crippen LogP contribution in [0, 0.1) is 28.1 Å². The number of ketones is 3. The molecule has 4 rings (SSSR count). The summed E-state index contributed by atoms with van der Waals surface area (Å²) >= 11 is 0. The SMILES string of the molecule is C=C(C)C(CC=C(C)C)CC12CC(CC=C(C)C)C(C)(C)C3(C=CC(C)(C)OC3=C(C(=O)c3ccccc3)C1=O)C2=O. The first-order valence-corrected chi connectivity index (χ1v) is 15.3. The van der Waals surface area contributed by atoms with Crippen molar-refractivity contribution < 1.29 is 19.1 Å². The van der Waals surface area contributed by atoms with E-state index in [1.807, 2.05) is 39.0 Å². The van der Waals surface area contributed by atoms with Gasteiger partial charge in [-0.15, -0.1) is 0 Å². The van der Waals surface area contributed by atoms with Crippen molar-refractivity contribution in [3.8, 4) is 0 Å². The van der Waals surface area contributed by atoms with Crippen LogP contribution < -0.4 is 0 Å². The first-order valence-electron chi connectivity index (χ1n) is 15.3. The number of hydrogen-bond donors (Lipinski definition) is 0. The molecule has 4 heteroatoms. The molecule has 1 fully saturated rings. The van der Waals surface area contributed by atoms with Crippen molar-refractivity contribution >= 4 is 17.3 Å². The molecule has 4 atom stereocenters. The van der Waals surface area contributed by atoms with E-state index in [0.29, 0.717) is 24.8 Å². The van der Waals surface area contributed by atoms with Crippen LogP contribution in [0.5, 0.6) is 0 Å². The summed E-state index contributed by atoms with van der Waals surface area (Å²) in [4.78, 5) is 44.7. The predicted molar refractivity (Wildman–Crippen MR) is 170 cm³/mol. The molecule has 0 radical (unpaired) electrons. The molecular weight excluding hydrogens is 520 g/mol. The van der Waals surface area contributed by atoms with Gasteiger partial charge in [0.15, 0.2) is 17.3 Å². The molecular formula is C38H48O4. The molecule has 4 unspecified atom stereocenters. The minimum absolute atomic E-state index is 0.00103. The summed E-state index contributed by atoms with van der Waals surface area (Å²) in [6.07, 6.45) is 10.4. The standard InChI is InChI=1S/C38H48O4/c1-24(2)16-18-28(26(5)6)22-37-23-29(19-17-25(3)4)36(9,10)38(34(37)41)21-20-35(7,8)42-33(38)30(32(37)40)31(39)27-14-12-11-13-15-27/h11-17,20-21,28-29H,5,18-19,22-23H2,1-4,6-10H3. The summed E-state index contributed by atoms with van der Waals surface area (Å²) in [5, 5.41) is 0. The third-order valence-electron chi connectivity index (χ3n) is 9.95. The molecule has 224 valence electrons. The summed E-state index contributed by atoms with van der Waals surface area (Å²) in [6, 6.07) is 8.90. The van der Waals surface area contributed by atoms with E-state index in [1.54, 1.807) is 24.3 Å². The molecule has 4 nitrogen and oxygen atoms in total.